The van der Waals surface area contributed by atoms with Crippen molar-refractivity contribution in [2.24, 2.45) is 0 Å². The summed E-state index contributed by atoms with van der Waals surface area (Å²) < 4.78 is 1.31. The van der Waals surface area contributed by atoms with Crippen LogP contribution in [0.3, 0.4) is 0 Å². The van der Waals surface area contributed by atoms with Crippen molar-refractivity contribution < 1.29 is 4.79 Å². The molecule has 0 atom stereocenters. The second-order valence-electron chi connectivity index (χ2n) is 6.20. The maximum Gasteiger partial charge on any atom is 0.254 e. The minimum Gasteiger partial charge on any atom is -0.372 e. The highest BCUT2D eigenvalue weighted by molar-refractivity contribution is 5.90. The summed E-state index contributed by atoms with van der Waals surface area (Å²) in [4.78, 5) is 30.7. The van der Waals surface area contributed by atoms with Gasteiger partial charge in [0.1, 0.15) is 6.54 Å². The molecular formula is C19H26N4O2. The second-order valence-corrected chi connectivity index (χ2v) is 6.20. The quantitative estimate of drug-likeness (QED) is 0.840. The van der Waals surface area contributed by atoms with Gasteiger partial charge in [-0.05, 0) is 44.0 Å². The first-order chi connectivity index (χ1) is 11.9. The van der Waals surface area contributed by atoms with E-state index in [1.165, 1.54) is 17.0 Å². The van der Waals surface area contributed by atoms with E-state index in [9.17, 15) is 9.59 Å². The summed E-state index contributed by atoms with van der Waals surface area (Å²) in [6, 6.07) is 9.18. The van der Waals surface area contributed by atoms with E-state index in [1.807, 2.05) is 38.1 Å². The fraction of sp³-hybridized carbons (Fsp3) is 0.421. The fourth-order valence-corrected chi connectivity index (χ4v) is 2.57. The molecule has 1 N–H and O–H groups in total. The van der Waals surface area contributed by atoms with Crippen molar-refractivity contribution in [3.05, 3.63) is 52.7 Å². The molecule has 1 amide bonds. The van der Waals surface area contributed by atoms with Gasteiger partial charge in [0.05, 0.1) is 12.0 Å². The Kier molecular flexibility index (Phi) is 6.33. The lowest BCUT2D eigenvalue weighted by molar-refractivity contribution is -0.116. The van der Waals surface area contributed by atoms with Gasteiger partial charge in [-0.15, -0.1) is 0 Å². The average Bonchev–Trinajstić information content (AvgIpc) is 2.59. The van der Waals surface area contributed by atoms with Crippen LogP contribution >= 0.6 is 0 Å². The van der Waals surface area contributed by atoms with Crippen LogP contribution in [0.5, 0.6) is 0 Å². The van der Waals surface area contributed by atoms with Crippen molar-refractivity contribution in [2.75, 3.05) is 23.3 Å². The monoisotopic (exact) mass is 342 g/mol. The van der Waals surface area contributed by atoms with E-state index in [2.05, 4.69) is 29.0 Å². The Balaban J connectivity index is 2.02. The Labute approximate surface area is 148 Å². The molecule has 0 saturated carbocycles. The molecule has 0 fully saturated rings. The predicted octanol–water partition coefficient (Wildman–Crippen LogP) is 2.85. The summed E-state index contributed by atoms with van der Waals surface area (Å²) in [6.45, 7) is 9.98. The largest absolute Gasteiger partial charge is 0.372 e. The first kappa shape index (κ1) is 18.7. The van der Waals surface area contributed by atoms with Crippen molar-refractivity contribution in [3.63, 3.8) is 0 Å². The third-order valence-electron chi connectivity index (χ3n) is 4.09. The van der Waals surface area contributed by atoms with Gasteiger partial charge in [0.25, 0.3) is 5.56 Å². The standard InChI is InChI=1S/C19H26N4O2/c1-5-22(6-2)16-9-7-15(8-10-16)21-18(24)12-23-13-20-17(14(3)4)11-19(23)25/h7-11,13-14H,5-6,12H2,1-4H3,(H,21,24). The van der Waals surface area contributed by atoms with Gasteiger partial charge in [0.15, 0.2) is 0 Å². The molecular weight excluding hydrogens is 316 g/mol. The molecule has 0 unspecified atom stereocenters. The first-order valence-corrected chi connectivity index (χ1v) is 8.65. The number of amides is 1. The van der Waals surface area contributed by atoms with Gasteiger partial charge in [0.2, 0.25) is 5.91 Å². The molecule has 0 radical (unpaired) electrons. The number of benzene rings is 1. The Bertz CT molecular complexity index is 762. The van der Waals surface area contributed by atoms with Crippen LogP contribution in [0.2, 0.25) is 0 Å². The normalized spacial score (nSPS) is 10.8. The Hall–Kier alpha value is -2.63. The smallest absolute Gasteiger partial charge is 0.254 e. The number of carbonyl (C=O) groups excluding carboxylic acids is 1. The van der Waals surface area contributed by atoms with Crippen molar-refractivity contribution in [1.29, 1.82) is 0 Å². The molecule has 0 aliphatic heterocycles. The van der Waals surface area contributed by atoms with Crippen LogP contribution < -0.4 is 15.8 Å². The lowest BCUT2D eigenvalue weighted by atomic mass is 10.1. The fourth-order valence-electron chi connectivity index (χ4n) is 2.57. The van der Waals surface area contributed by atoms with Crippen LogP contribution in [-0.2, 0) is 11.3 Å². The summed E-state index contributed by atoms with van der Waals surface area (Å²) in [7, 11) is 0. The van der Waals surface area contributed by atoms with E-state index < -0.39 is 0 Å². The Morgan fingerprint density at radius 1 is 1.20 bits per heavy atom. The number of hydrogen-bond donors (Lipinski definition) is 1. The minimum atomic E-state index is -0.253. The molecule has 1 heterocycles. The van der Waals surface area contributed by atoms with E-state index in [4.69, 9.17) is 0 Å². The molecule has 1 aromatic carbocycles. The third-order valence-corrected chi connectivity index (χ3v) is 4.09. The molecule has 25 heavy (non-hydrogen) atoms. The molecule has 0 bridgehead atoms. The van der Waals surface area contributed by atoms with E-state index >= 15 is 0 Å². The molecule has 0 aliphatic rings. The van der Waals surface area contributed by atoms with Gasteiger partial charge in [-0.3, -0.25) is 14.2 Å². The van der Waals surface area contributed by atoms with E-state index in [0.29, 0.717) is 5.69 Å². The zero-order chi connectivity index (χ0) is 18.4. The number of anilines is 2. The second kappa shape index (κ2) is 8.46. The summed E-state index contributed by atoms with van der Waals surface area (Å²) in [5, 5.41) is 2.81. The van der Waals surface area contributed by atoms with E-state index in [-0.39, 0.29) is 23.9 Å². The van der Waals surface area contributed by atoms with E-state index in [1.54, 1.807) is 0 Å². The van der Waals surface area contributed by atoms with Crippen LogP contribution in [0.25, 0.3) is 0 Å². The third kappa shape index (κ3) is 4.92. The molecule has 0 aliphatic carbocycles. The predicted molar refractivity (Wildman–Crippen MR) is 101 cm³/mol. The molecule has 2 aromatic rings. The highest BCUT2D eigenvalue weighted by Gasteiger charge is 2.09. The van der Waals surface area contributed by atoms with Crippen molar-refractivity contribution in [2.45, 2.75) is 40.2 Å². The molecule has 134 valence electrons. The summed E-state index contributed by atoms with van der Waals surface area (Å²) >= 11 is 0. The topological polar surface area (TPSA) is 67.2 Å². The number of carbonyl (C=O) groups is 1. The van der Waals surface area contributed by atoms with Crippen LogP contribution in [0, 0.1) is 0 Å². The first-order valence-electron chi connectivity index (χ1n) is 8.65. The molecule has 0 spiro atoms. The van der Waals surface area contributed by atoms with Crippen LogP contribution in [0.1, 0.15) is 39.3 Å². The number of nitrogens with zero attached hydrogens (tertiary/aromatic N) is 3. The van der Waals surface area contributed by atoms with Crippen LogP contribution in [0.15, 0.2) is 41.5 Å². The summed E-state index contributed by atoms with van der Waals surface area (Å²) in [5.74, 6) is -0.0720. The average molecular weight is 342 g/mol. The summed E-state index contributed by atoms with van der Waals surface area (Å²) in [5.41, 5.74) is 2.34. The lowest BCUT2D eigenvalue weighted by Crippen LogP contribution is -2.28. The van der Waals surface area contributed by atoms with Gasteiger partial charge in [-0.2, -0.15) is 0 Å². The highest BCUT2D eigenvalue weighted by atomic mass is 16.2. The molecule has 2 rings (SSSR count). The molecule has 6 heteroatoms. The number of nitrogens with one attached hydrogen (secondary N) is 1. The van der Waals surface area contributed by atoms with Crippen molar-refractivity contribution >= 4 is 17.3 Å². The SMILES string of the molecule is CCN(CC)c1ccc(NC(=O)Cn2cnc(C(C)C)cc2=O)cc1. The maximum atomic E-state index is 12.2. The zero-order valence-electron chi connectivity index (χ0n) is 15.3. The van der Waals surface area contributed by atoms with Gasteiger partial charge in [-0.25, -0.2) is 4.98 Å². The van der Waals surface area contributed by atoms with Gasteiger partial charge in [-0.1, -0.05) is 13.8 Å². The van der Waals surface area contributed by atoms with E-state index in [0.717, 1.165) is 24.5 Å². The number of aromatic nitrogens is 2. The van der Waals surface area contributed by atoms with Gasteiger partial charge >= 0.3 is 0 Å². The van der Waals surface area contributed by atoms with Crippen molar-refractivity contribution in [1.82, 2.24) is 9.55 Å². The molecule has 1 aromatic heterocycles. The van der Waals surface area contributed by atoms with Crippen molar-refractivity contribution in [3.8, 4) is 0 Å². The van der Waals surface area contributed by atoms with Gasteiger partial charge < -0.3 is 10.2 Å². The zero-order valence-corrected chi connectivity index (χ0v) is 15.3. The van der Waals surface area contributed by atoms with Crippen LogP contribution in [-0.4, -0.2) is 28.5 Å². The number of hydrogen-bond acceptors (Lipinski definition) is 4. The maximum absolute atomic E-state index is 12.2. The van der Waals surface area contributed by atoms with Crippen LogP contribution in [0.4, 0.5) is 11.4 Å². The molecule has 0 saturated heterocycles. The Morgan fingerprint density at radius 3 is 2.36 bits per heavy atom. The van der Waals surface area contributed by atoms with Gasteiger partial charge in [0, 0.05) is 30.5 Å². The lowest BCUT2D eigenvalue weighted by Gasteiger charge is -2.21. The summed E-state index contributed by atoms with van der Waals surface area (Å²) in [6.07, 6.45) is 1.43. The Morgan fingerprint density at radius 2 is 1.84 bits per heavy atom. The minimum absolute atomic E-state index is 0.0536. The number of rotatable bonds is 7. The highest BCUT2D eigenvalue weighted by Crippen LogP contribution is 2.17. The molecule has 6 nitrogen and oxygen atoms in total.